The van der Waals surface area contributed by atoms with Crippen LogP contribution in [0.4, 0.5) is 13.2 Å². The van der Waals surface area contributed by atoms with E-state index in [1.54, 1.807) is 0 Å². The Kier molecular flexibility index (Phi) is 3.50. The summed E-state index contributed by atoms with van der Waals surface area (Å²) in [6.07, 6.45) is 0. The van der Waals surface area contributed by atoms with Crippen molar-refractivity contribution in [3.05, 3.63) is 29.6 Å². The minimum absolute atomic E-state index is 0.207. The molecule has 0 unspecified atom stereocenters. The third-order valence-corrected chi connectivity index (χ3v) is 6.07. The monoisotopic (exact) mass is 320 g/mol. The van der Waals surface area contributed by atoms with Gasteiger partial charge in [0.25, 0.3) is 0 Å². The maximum atomic E-state index is 13.7. The minimum atomic E-state index is -4.14. The summed E-state index contributed by atoms with van der Waals surface area (Å²) in [5, 5.41) is 0. The van der Waals surface area contributed by atoms with Crippen LogP contribution in [0.1, 0.15) is 0 Å². The van der Waals surface area contributed by atoms with Gasteiger partial charge in [-0.25, -0.2) is 21.6 Å². The molecule has 3 rings (SSSR count). The van der Waals surface area contributed by atoms with Gasteiger partial charge in [0.1, 0.15) is 10.7 Å². The van der Waals surface area contributed by atoms with Crippen molar-refractivity contribution in [3.63, 3.8) is 0 Å². The molecule has 2 atom stereocenters. The smallest absolute Gasteiger partial charge is 0.246 e. The van der Waals surface area contributed by atoms with Crippen LogP contribution in [0.25, 0.3) is 0 Å². The van der Waals surface area contributed by atoms with Gasteiger partial charge >= 0.3 is 0 Å². The van der Waals surface area contributed by atoms with Crippen molar-refractivity contribution in [2.45, 2.75) is 4.90 Å². The van der Waals surface area contributed by atoms with Crippen LogP contribution < -0.4 is 0 Å². The molecule has 0 aliphatic carbocycles. The van der Waals surface area contributed by atoms with E-state index < -0.39 is 32.4 Å². The van der Waals surface area contributed by atoms with Crippen molar-refractivity contribution < 1.29 is 21.6 Å². The summed E-state index contributed by atoms with van der Waals surface area (Å²) in [6.45, 7) is 2.15. The zero-order valence-electron chi connectivity index (χ0n) is 11.4. The summed E-state index contributed by atoms with van der Waals surface area (Å²) >= 11 is 0. The Morgan fingerprint density at radius 2 is 1.48 bits per heavy atom. The number of rotatable bonds is 2. The minimum Gasteiger partial charge on any atom is -0.306 e. The first-order chi connectivity index (χ1) is 9.79. The van der Waals surface area contributed by atoms with E-state index in [4.69, 9.17) is 0 Å². The standard InChI is InChI=1S/C13H15F3N2O2S/c1-17-4-8-6-18(7-9(8)5-17)21(19,20)13-3-11(15)10(14)2-12(13)16/h2-3,8-9H,4-7H2,1H3/t8-,9+. The summed E-state index contributed by atoms with van der Waals surface area (Å²) in [5.41, 5.74) is 0. The second kappa shape index (κ2) is 4.96. The van der Waals surface area contributed by atoms with E-state index in [9.17, 15) is 21.6 Å². The lowest BCUT2D eigenvalue weighted by molar-refractivity contribution is 0.348. The maximum Gasteiger partial charge on any atom is 0.246 e. The van der Waals surface area contributed by atoms with Crippen molar-refractivity contribution in [2.75, 3.05) is 33.2 Å². The van der Waals surface area contributed by atoms with Gasteiger partial charge in [-0.2, -0.15) is 4.31 Å². The lowest BCUT2D eigenvalue weighted by atomic mass is 10.0. The number of fused-ring (bicyclic) bond motifs is 1. The normalized spacial score (nSPS) is 27.2. The zero-order chi connectivity index (χ0) is 15.4. The topological polar surface area (TPSA) is 40.6 Å². The fourth-order valence-electron chi connectivity index (χ4n) is 3.22. The molecule has 0 spiro atoms. The van der Waals surface area contributed by atoms with Crippen LogP contribution in [0.5, 0.6) is 0 Å². The van der Waals surface area contributed by atoms with E-state index in [2.05, 4.69) is 4.90 Å². The van der Waals surface area contributed by atoms with Crippen molar-refractivity contribution in [2.24, 2.45) is 11.8 Å². The summed E-state index contributed by atoms with van der Waals surface area (Å²) in [7, 11) is -2.17. The molecule has 116 valence electrons. The van der Waals surface area contributed by atoms with Crippen LogP contribution in [0, 0.1) is 29.3 Å². The molecule has 2 aliphatic rings. The van der Waals surface area contributed by atoms with Crippen molar-refractivity contribution in [1.29, 1.82) is 0 Å². The molecular weight excluding hydrogens is 305 g/mol. The van der Waals surface area contributed by atoms with E-state index in [-0.39, 0.29) is 31.0 Å². The molecule has 2 heterocycles. The third kappa shape index (κ3) is 2.45. The molecule has 0 amide bonds. The lowest BCUT2D eigenvalue weighted by Crippen LogP contribution is -2.33. The first-order valence-electron chi connectivity index (χ1n) is 6.62. The first kappa shape index (κ1) is 14.8. The fraction of sp³-hybridized carbons (Fsp3) is 0.538. The molecule has 1 aromatic carbocycles. The maximum absolute atomic E-state index is 13.7. The molecule has 2 fully saturated rings. The van der Waals surface area contributed by atoms with Crippen molar-refractivity contribution in [3.8, 4) is 0 Å². The number of hydrogen-bond donors (Lipinski definition) is 0. The Morgan fingerprint density at radius 1 is 0.952 bits per heavy atom. The molecule has 21 heavy (non-hydrogen) atoms. The number of nitrogens with zero attached hydrogens (tertiary/aromatic N) is 2. The number of hydrogen-bond acceptors (Lipinski definition) is 3. The summed E-state index contributed by atoms with van der Waals surface area (Å²) in [4.78, 5) is 1.33. The molecule has 8 heteroatoms. The molecule has 0 saturated carbocycles. The van der Waals surface area contributed by atoms with E-state index in [1.807, 2.05) is 7.05 Å². The summed E-state index contributed by atoms with van der Waals surface area (Å²) in [5.74, 6) is -3.61. The Hall–Kier alpha value is -1.12. The number of likely N-dealkylation sites (tertiary alicyclic amines) is 1. The van der Waals surface area contributed by atoms with Gasteiger partial charge in [-0.05, 0) is 24.9 Å². The molecule has 4 nitrogen and oxygen atoms in total. The van der Waals surface area contributed by atoms with Gasteiger partial charge in [0.15, 0.2) is 11.6 Å². The predicted octanol–water partition coefficient (Wildman–Crippen LogP) is 1.29. The van der Waals surface area contributed by atoms with E-state index in [1.165, 1.54) is 4.31 Å². The molecule has 2 saturated heterocycles. The number of halogens is 3. The Morgan fingerprint density at radius 3 is 2.05 bits per heavy atom. The first-order valence-corrected chi connectivity index (χ1v) is 8.06. The van der Waals surface area contributed by atoms with Crippen LogP contribution in [-0.2, 0) is 10.0 Å². The van der Waals surface area contributed by atoms with Gasteiger partial charge < -0.3 is 4.90 Å². The molecule has 0 bridgehead atoms. The lowest BCUT2D eigenvalue weighted by Gasteiger charge is -2.19. The molecule has 2 aliphatic heterocycles. The second-order valence-electron chi connectivity index (χ2n) is 5.76. The summed E-state index contributed by atoms with van der Waals surface area (Å²) < 4.78 is 65.9. The Bertz CT molecular complexity index is 666. The molecular formula is C13H15F3N2O2S. The van der Waals surface area contributed by atoms with Crippen LogP contribution in [0.3, 0.4) is 0 Å². The number of sulfonamides is 1. The second-order valence-corrected chi connectivity index (χ2v) is 7.67. The SMILES string of the molecule is CN1C[C@@H]2CN(S(=O)(=O)c3cc(F)c(F)cc3F)C[C@@H]2C1. The highest BCUT2D eigenvalue weighted by atomic mass is 32.2. The highest BCUT2D eigenvalue weighted by Crippen LogP contribution is 2.34. The van der Waals surface area contributed by atoms with Gasteiger partial charge in [0.2, 0.25) is 10.0 Å². The van der Waals surface area contributed by atoms with Gasteiger partial charge in [-0.3, -0.25) is 0 Å². The highest BCUT2D eigenvalue weighted by Gasteiger charge is 2.44. The van der Waals surface area contributed by atoms with Crippen molar-refractivity contribution >= 4 is 10.0 Å². The summed E-state index contributed by atoms with van der Waals surface area (Å²) in [6, 6.07) is 0.688. The van der Waals surface area contributed by atoms with Gasteiger partial charge in [-0.1, -0.05) is 0 Å². The van der Waals surface area contributed by atoms with Crippen LogP contribution in [0.15, 0.2) is 17.0 Å². The molecule has 0 radical (unpaired) electrons. The number of benzene rings is 1. The highest BCUT2D eigenvalue weighted by molar-refractivity contribution is 7.89. The third-order valence-electron chi connectivity index (χ3n) is 4.23. The van der Waals surface area contributed by atoms with Gasteiger partial charge in [-0.15, -0.1) is 0 Å². The van der Waals surface area contributed by atoms with Crippen molar-refractivity contribution in [1.82, 2.24) is 9.21 Å². The van der Waals surface area contributed by atoms with E-state index >= 15 is 0 Å². The van der Waals surface area contributed by atoms with Crippen LogP contribution >= 0.6 is 0 Å². The average Bonchev–Trinajstić information content (AvgIpc) is 2.91. The zero-order valence-corrected chi connectivity index (χ0v) is 12.2. The van der Waals surface area contributed by atoms with Gasteiger partial charge in [0, 0.05) is 32.2 Å². The fourth-order valence-corrected chi connectivity index (χ4v) is 4.83. The molecule has 1 aromatic rings. The van der Waals surface area contributed by atoms with Crippen LogP contribution in [-0.4, -0.2) is 50.8 Å². The average molecular weight is 320 g/mol. The van der Waals surface area contributed by atoms with Gasteiger partial charge in [0.05, 0.1) is 0 Å². The quantitative estimate of drug-likeness (QED) is 0.771. The molecule has 0 aromatic heterocycles. The van der Waals surface area contributed by atoms with Crippen LogP contribution in [0.2, 0.25) is 0 Å². The van der Waals surface area contributed by atoms with E-state index in [0.29, 0.717) is 6.07 Å². The largest absolute Gasteiger partial charge is 0.306 e. The Labute approximate surface area is 121 Å². The Balaban J connectivity index is 1.91. The van der Waals surface area contributed by atoms with E-state index in [0.717, 1.165) is 13.1 Å². The molecule has 0 N–H and O–H groups in total. The predicted molar refractivity (Wildman–Crippen MR) is 69.6 cm³/mol.